The maximum absolute atomic E-state index is 13.5. The van der Waals surface area contributed by atoms with Crippen molar-refractivity contribution in [2.75, 3.05) is 0 Å². The van der Waals surface area contributed by atoms with Crippen molar-refractivity contribution in [3.8, 4) is 5.75 Å². The highest BCUT2D eigenvalue weighted by Gasteiger charge is 2.07. The molecule has 0 bridgehead atoms. The van der Waals surface area contributed by atoms with Crippen molar-refractivity contribution in [1.29, 1.82) is 0 Å². The van der Waals surface area contributed by atoms with Gasteiger partial charge in [-0.2, -0.15) is 0 Å². The fourth-order valence-corrected chi connectivity index (χ4v) is 2.11. The van der Waals surface area contributed by atoms with Crippen molar-refractivity contribution in [3.05, 3.63) is 63.9 Å². The first-order valence-electron chi connectivity index (χ1n) is 6.16. The van der Waals surface area contributed by atoms with E-state index in [9.17, 15) is 4.39 Å². The highest BCUT2D eigenvalue weighted by Crippen LogP contribution is 2.26. The van der Waals surface area contributed by atoms with Gasteiger partial charge in [-0.3, -0.25) is 0 Å². The fraction of sp³-hybridized carbons (Fsp3) is 0.133. The van der Waals surface area contributed by atoms with Crippen molar-refractivity contribution in [1.82, 2.24) is 0 Å². The number of hydrogen-bond donors (Lipinski definition) is 2. The zero-order chi connectivity index (χ0) is 15.4. The second-order valence-corrected chi connectivity index (χ2v) is 4.96. The van der Waals surface area contributed by atoms with Crippen LogP contribution < -0.4 is 10.5 Å². The van der Waals surface area contributed by atoms with Crippen LogP contribution in [0.4, 0.5) is 4.39 Å². The van der Waals surface area contributed by atoms with Crippen LogP contribution in [0, 0.1) is 12.7 Å². The Morgan fingerprint density at radius 2 is 2.10 bits per heavy atom. The third-order valence-electron chi connectivity index (χ3n) is 2.84. The Labute approximate surface area is 126 Å². The van der Waals surface area contributed by atoms with Gasteiger partial charge in [-0.05, 0) is 48.4 Å². The van der Waals surface area contributed by atoms with Crippen LogP contribution in [0.1, 0.15) is 16.7 Å². The topological polar surface area (TPSA) is 67.8 Å². The molecule has 0 aliphatic heterocycles. The van der Waals surface area contributed by atoms with Gasteiger partial charge in [0.1, 0.15) is 18.2 Å². The van der Waals surface area contributed by atoms with Crippen molar-refractivity contribution in [3.63, 3.8) is 0 Å². The van der Waals surface area contributed by atoms with Crippen LogP contribution in [0.5, 0.6) is 5.75 Å². The van der Waals surface area contributed by atoms with Crippen LogP contribution in [0.2, 0.25) is 5.02 Å². The molecular formula is C15H14ClFN2O2. The predicted molar refractivity (Wildman–Crippen MR) is 79.4 cm³/mol. The molecule has 0 saturated carbocycles. The second kappa shape index (κ2) is 6.45. The van der Waals surface area contributed by atoms with E-state index in [2.05, 4.69) is 5.16 Å². The largest absolute Gasteiger partial charge is 0.487 e. The van der Waals surface area contributed by atoms with Crippen LogP contribution in [-0.4, -0.2) is 11.0 Å². The Morgan fingerprint density at radius 1 is 1.33 bits per heavy atom. The Hall–Kier alpha value is -2.27. The summed E-state index contributed by atoms with van der Waals surface area (Å²) in [6, 6.07) is 9.48. The van der Waals surface area contributed by atoms with E-state index in [-0.39, 0.29) is 18.0 Å². The van der Waals surface area contributed by atoms with Crippen LogP contribution in [0.15, 0.2) is 41.6 Å². The summed E-state index contributed by atoms with van der Waals surface area (Å²) in [5, 5.41) is 12.0. The average Bonchev–Trinajstić information content (AvgIpc) is 2.45. The quantitative estimate of drug-likeness (QED) is 0.393. The Balaban J connectivity index is 2.18. The number of rotatable bonds is 4. The molecule has 0 heterocycles. The highest BCUT2D eigenvalue weighted by atomic mass is 35.5. The van der Waals surface area contributed by atoms with Gasteiger partial charge in [-0.15, -0.1) is 0 Å². The van der Waals surface area contributed by atoms with Gasteiger partial charge in [0.25, 0.3) is 0 Å². The number of amidine groups is 1. The number of nitrogens with two attached hydrogens (primary N) is 1. The first kappa shape index (κ1) is 15.1. The predicted octanol–water partition coefficient (Wildman–Crippen LogP) is 3.46. The van der Waals surface area contributed by atoms with E-state index in [1.54, 1.807) is 18.2 Å². The van der Waals surface area contributed by atoms with Crippen molar-refractivity contribution >= 4 is 17.4 Å². The molecule has 6 heteroatoms. The minimum absolute atomic E-state index is 0.117. The number of ether oxygens (including phenoxy) is 1. The zero-order valence-electron chi connectivity index (χ0n) is 11.3. The molecule has 3 N–H and O–H groups in total. The van der Waals surface area contributed by atoms with Gasteiger partial charge in [0.05, 0.1) is 5.02 Å². The van der Waals surface area contributed by atoms with Crippen LogP contribution >= 0.6 is 11.6 Å². The molecule has 2 aromatic carbocycles. The molecule has 0 radical (unpaired) electrons. The van der Waals surface area contributed by atoms with Gasteiger partial charge >= 0.3 is 0 Å². The molecule has 2 rings (SSSR count). The summed E-state index contributed by atoms with van der Waals surface area (Å²) in [6.07, 6.45) is 0. The van der Waals surface area contributed by atoms with E-state index < -0.39 is 5.82 Å². The van der Waals surface area contributed by atoms with Gasteiger partial charge in [-0.1, -0.05) is 22.8 Å². The SMILES string of the molecule is Cc1ccc(OCc2cc(F)cc(/C(N)=N/O)c2)c(Cl)c1. The molecule has 2 aromatic rings. The normalized spacial score (nSPS) is 11.5. The van der Waals surface area contributed by atoms with Crippen LogP contribution in [0.25, 0.3) is 0 Å². The molecule has 21 heavy (non-hydrogen) atoms. The van der Waals surface area contributed by atoms with Gasteiger partial charge in [-0.25, -0.2) is 4.39 Å². The first-order valence-corrected chi connectivity index (χ1v) is 6.53. The number of benzene rings is 2. The lowest BCUT2D eigenvalue weighted by molar-refractivity contribution is 0.305. The molecule has 0 aromatic heterocycles. The van der Waals surface area contributed by atoms with E-state index in [1.165, 1.54) is 12.1 Å². The molecule has 0 atom stereocenters. The molecule has 0 aliphatic rings. The first-order chi connectivity index (χ1) is 9.99. The smallest absolute Gasteiger partial charge is 0.170 e. The molecule has 0 saturated heterocycles. The highest BCUT2D eigenvalue weighted by molar-refractivity contribution is 6.32. The van der Waals surface area contributed by atoms with Crippen molar-refractivity contribution in [2.45, 2.75) is 13.5 Å². The molecule has 0 amide bonds. The number of hydrogen-bond acceptors (Lipinski definition) is 3. The maximum atomic E-state index is 13.5. The Bertz CT molecular complexity index is 689. The number of aryl methyl sites for hydroxylation is 1. The second-order valence-electron chi connectivity index (χ2n) is 4.56. The van der Waals surface area contributed by atoms with Gasteiger partial charge in [0.15, 0.2) is 5.84 Å². The molecule has 4 nitrogen and oxygen atoms in total. The molecule has 0 fully saturated rings. The van der Waals surface area contributed by atoms with E-state index in [1.807, 2.05) is 13.0 Å². The number of nitrogens with zero attached hydrogens (tertiary/aromatic N) is 1. The lowest BCUT2D eigenvalue weighted by Gasteiger charge is -2.10. The number of halogens is 2. The number of oxime groups is 1. The van der Waals surface area contributed by atoms with Crippen molar-refractivity contribution < 1.29 is 14.3 Å². The molecule has 110 valence electrons. The van der Waals surface area contributed by atoms with E-state index in [4.69, 9.17) is 27.3 Å². The third kappa shape index (κ3) is 3.86. The fourth-order valence-electron chi connectivity index (χ4n) is 1.82. The van der Waals surface area contributed by atoms with Crippen LogP contribution in [0.3, 0.4) is 0 Å². The lowest BCUT2D eigenvalue weighted by Crippen LogP contribution is -2.14. The summed E-state index contributed by atoms with van der Waals surface area (Å²) in [6.45, 7) is 2.04. The minimum Gasteiger partial charge on any atom is -0.487 e. The monoisotopic (exact) mass is 308 g/mol. The van der Waals surface area contributed by atoms with Gasteiger partial charge < -0.3 is 15.7 Å². The van der Waals surface area contributed by atoms with Gasteiger partial charge in [0, 0.05) is 5.56 Å². The molecule has 0 unspecified atom stereocenters. The molecular weight excluding hydrogens is 295 g/mol. The molecule has 0 aliphatic carbocycles. The molecule has 0 spiro atoms. The minimum atomic E-state index is -0.493. The van der Waals surface area contributed by atoms with Crippen molar-refractivity contribution in [2.24, 2.45) is 10.9 Å². The Morgan fingerprint density at radius 3 is 2.76 bits per heavy atom. The van der Waals surface area contributed by atoms with E-state index in [0.29, 0.717) is 16.3 Å². The summed E-state index contributed by atoms with van der Waals surface area (Å²) in [7, 11) is 0. The summed E-state index contributed by atoms with van der Waals surface area (Å²) in [4.78, 5) is 0. The standard InChI is InChI=1S/C15H14ClFN2O2/c1-9-2-3-14(13(16)4-9)21-8-10-5-11(15(18)19-20)7-12(17)6-10/h2-7,20H,8H2,1H3,(H2,18,19). The summed E-state index contributed by atoms with van der Waals surface area (Å²) in [5.41, 5.74) is 7.30. The average molecular weight is 309 g/mol. The van der Waals surface area contributed by atoms with E-state index >= 15 is 0 Å². The maximum Gasteiger partial charge on any atom is 0.170 e. The zero-order valence-corrected chi connectivity index (χ0v) is 12.1. The summed E-state index contributed by atoms with van der Waals surface area (Å²) < 4.78 is 19.1. The Kier molecular flexibility index (Phi) is 4.65. The summed E-state index contributed by atoms with van der Waals surface area (Å²) >= 11 is 6.06. The van der Waals surface area contributed by atoms with Crippen LogP contribution in [-0.2, 0) is 6.61 Å². The van der Waals surface area contributed by atoms with E-state index in [0.717, 1.165) is 5.56 Å². The van der Waals surface area contributed by atoms with Gasteiger partial charge in [0.2, 0.25) is 0 Å². The lowest BCUT2D eigenvalue weighted by atomic mass is 10.1. The summed E-state index contributed by atoms with van der Waals surface area (Å²) in [5.74, 6) is -0.145. The third-order valence-corrected chi connectivity index (χ3v) is 3.14.